The molecule has 3 aromatic rings. The first-order valence-electron chi connectivity index (χ1n) is 10.6. The standard InChI is InChI=1S/C25H29N3O3/c1-3-28(4-2)22(16-19-10-6-5-7-11-19)18-26-24(29)20-12-8-13-21(17-20)27-25(30)23-14-9-15-31-23/h5-15,17,22H,3-4,16,18H2,1-2H3,(H,26,29)(H,27,30). The molecule has 1 aromatic heterocycles. The van der Waals surface area contributed by atoms with Crippen LogP contribution in [0.15, 0.2) is 77.4 Å². The van der Waals surface area contributed by atoms with Gasteiger partial charge in [-0.1, -0.05) is 50.2 Å². The first kappa shape index (κ1) is 22.3. The Morgan fingerprint density at radius 2 is 1.71 bits per heavy atom. The highest BCUT2D eigenvalue weighted by molar-refractivity contribution is 6.03. The normalized spacial score (nSPS) is 11.8. The van der Waals surface area contributed by atoms with Crippen molar-refractivity contribution in [1.82, 2.24) is 10.2 Å². The monoisotopic (exact) mass is 419 g/mol. The van der Waals surface area contributed by atoms with E-state index in [0.717, 1.165) is 19.5 Å². The van der Waals surface area contributed by atoms with Gasteiger partial charge in [-0.25, -0.2) is 0 Å². The van der Waals surface area contributed by atoms with Crippen molar-refractivity contribution in [1.29, 1.82) is 0 Å². The van der Waals surface area contributed by atoms with Crippen molar-refractivity contribution in [2.75, 3.05) is 25.0 Å². The Hall–Kier alpha value is -3.38. The molecule has 0 aliphatic rings. The van der Waals surface area contributed by atoms with Crippen LogP contribution in [-0.2, 0) is 6.42 Å². The van der Waals surface area contributed by atoms with Crippen LogP contribution in [0.25, 0.3) is 0 Å². The fourth-order valence-electron chi connectivity index (χ4n) is 3.61. The van der Waals surface area contributed by atoms with E-state index >= 15 is 0 Å². The molecule has 0 saturated carbocycles. The molecule has 0 radical (unpaired) electrons. The molecule has 0 aliphatic carbocycles. The number of carbonyl (C=O) groups is 2. The molecule has 3 rings (SSSR count). The Morgan fingerprint density at radius 1 is 0.935 bits per heavy atom. The summed E-state index contributed by atoms with van der Waals surface area (Å²) >= 11 is 0. The Kier molecular flexibility index (Phi) is 8.01. The first-order chi connectivity index (χ1) is 15.1. The first-order valence-corrected chi connectivity index (χ1v) is 10.6. The Morgan fingerprint density at radius 3 is 2.39 bits per heavy atom. The summed E-state index contributed by atoms with van der Waals surface area (Å²) < 4.78 is 5.11. The molecule has 0 bridgehead atoms. The van der Waals surface area contributed by atoms with E-state index < -0.39 is 0 Å². The molecule has 2 aromatic carbocycles. The molecule has 2 N–H and O–H groups in total. The summed E-state index contributed by atoms with van der Waals surface area (Å²) in [6, 6.07) is 20.6. The number of furan rings is 1. The van der Waals surface area contributed by atoms with Crippen LogP contribution in [0, 0.1) is 0 Å². The number of rotatable bonds is 10. The van der Waals surface area contributed by atoms with Gasteiger partial charge in [-0.3, -0.25) is 14.5 Å². The smallest absolute Gasteiger partial charge is 0.291 e. The molecule has 0 saturated heterocycles. The van der Waals surface area contributed by atoms with Crippen LogP contribution in [-0.4, -0.2) is 42.4 Å². The lowest BCUT2D eigenvalue weighted by atomic mass is 10.0. The number of likely N-dealkylation sites (N-methyl/N-ethyl adjacent to an activating group) is 1. The average molecular weight is 420 g/mol. The third kappa shape index (κ3) is 6.30. The average Bonchev–Trinajstić information content (AvgIpc) is 3.34. The highest BCUT2D eigenvalue weighted by Gasteiger charge is 2.18. The number of nitrogens with one attached hydrogen (secondary N) is 2. The maximum absolute atomic E-state index is 12.8. The SMILES string of the molecule is CCN(CC)C(CNC(=O)c1cccc(NC(=O)c2ccco2)c1)Cc1ccccc1. The summed E-state index contributed by atoms with van der Waals surface area (Å²) in [4.78, 5) is 27.3. The number of hydrogen-bond donors (Lipinski definition) is 2. The fourth-order valence-corrected chi connectivity index (χ4v) is 3.61. The summed E-state index contributed by atoms with van der Waals surface area (Å²) in [6.07, 6.45) is 2.31. The van der Waals surface area contributed by atoms with Gasteiger partial charge in [0, 0.05) is 23.8 Å². The van der Waals surface area contributed by atoms with Crippen molar-refractivity contribution >= 4 is 17.5 Å². The summed E-state index contributed by atoms with van der Waals surface area (Å²) in [5, 5.41) is 5.82. The van der Waals surface area contributed by atoms with Crippen LogP contribution in [0.2, 0.25) is 0 Å². The minimum atomic E-state index is -0.355. The lowest BCUT2D eigenvalue weighted by Crippen LogP contribution is -2.45. The zero-order valence-corrected chi connectivity index (χ0v) is 18.0. The summed E-state index contributed by atoms with van der Waals surface area (Å²) in [6.45, 7) is 6.64. The third-order valence-electron chi connectivity index (χ3n) is 5.27. The predicted molar refractivity (Wildman–Crippen MR) is 122 cm³/mol. The molecule has 2 amide bonds. The van der Waals surface area contributed by atoms with E-state index in [1.54, 1.807) is 36.4 Å². The van der Waals surface area contributed by atoms with E-state index in [9.17, 15) is 9.59 Å². The van der Waals surface area contributed by atoms with Gasteiger partial charge in [0.1, 0.15) is 0 Å². The molecule has 1 unspecified atom stereocenters. The van der Waals surface area contributed by atoms with Gasteiger partial charge in [0.15, 0.2) is 5.76 Å². The van der Waals surface area contributed by atoms with Crippen LogP contribution in [0.1, 0.15) is 40.3 Å². The molecular weight excluding hydrogens is 390 g/mol. The zero-order valence-electron chi connectivity index (χ0n) is 18.0. The van der Waals surface area contributed by atoms with E-state index in [0.29, 0.717) is 17.8 Å². The molecule has 1 heterocycles. The molecule has 0 spiro atoms. The van der Waals surface area contributed by atoms with Crippen molar-refractivity contribution in [2.45, 2.75) is 26.3 Å². The largest absolute Gasteiger partial charge is 0.459 e. The van der Waals surface area contributed by atoms with Crippen molar-refractivity contribution in [3.8, 4) is 0 Å². The minimum absolute atomic E-state index is 0.167. The van der Waals surface area contributed by atoms with Gasteiger partial charge in [0.2, 0.25) is 0 Å². The van der Waals surface area contributed by atoms with Gasteiger partial charge in [0.05, 0.1) is 6.26 Å². The second-order valence-corrected chi connectivity index (χ2v) is 7.29. The second-order valence-electron chi connectivity index (χ2n) is 7.29. The van der Waals surface area contributed by atoms with Crippen molar-refractivity contribution in [3.63, 3.8) is 0 Å². The van der Waals surface area contributed by atoms with Crippen molar-refractivity contribution < 1.29 is 14.0 Å². The Labute approximate surface area is 183 Å². The molecule has 0 aliphatic heterocycles. The van der Waals surface area contributed by atoms with Gasteiger partial charge >= 0.3 is 0 Å². The topological polar surface area (TPSA) is 74.6 Å². The minimum Gasteiger partial charge on any atom is -0.459 e. The molecule has 31 heavy (non-hydrogen) atoms. The van der Waals surface area contributed by atoms with Crippen LogP contribution in [0.3, 0.4) is 0 Å². The molecular formula is C25H29N3O3. The number of amides is 2. The van der Waals surface area contributed by atoms with Gasteiger partial charge < -0.3 is 15.1 Å². The highest BCUT2D eigenvalue weighted by atomic mass is 16.3. The van der Waals surface area contributed by atoms with E-state index in [1.807, 2.05) is 18.2 Å². The van der Waals surface area contributed by atoms with Crippen LogP contribution < -0.4 is 10.6 Å². The summed E-state index contributed by atoms with van der Waals surface area (Å²) in [7, 11) is 0. The Balaban J connectivity index is 1.64. The molecule has 0 fully saturated rings. The van der Waals surface area contributed by atoms with E-state index in [-0.39, 0.29) is 23.6 Å². The van der Waals surface area contributed by atoms with Crippen LogP contribution >= 0.6 is 0 Å². The van der Waals surface area contributed by atoms with Gasteiger partial charge in [0.25, 0.3) is 11.8 Å². The maximum atomic E-state index is 12.8. The highest BCUT2D eigenvalue weighted by Crippen LogP contribution is 2.14. The fraction of sp³-hybridized carbons (Fsp3) is 0.280. The van der Waals surface area contributed by atoms with E-state index in [1.165, 1.54) is 11.8 Å². The zero-order chi connectivity index (χ0) is 22.1. The van der Waals surface area contributed by atoms with Crippen molar-refractivity contribution in [3.05, 3.63) is 89.9 Å². The lowest BCUT2D eigenvalue weighted by molar-refractivity contribution is 0.0933. The van der Waals surface area contributed by atoms with Gasteiger partial charge in [-0.05, 0) is 55.4 Å². The third-order valence-corrected chi connectivity index (χ3v) is 5.27. The number of benzene rings is 2. The van der Waals surface area contributed by atoms with E-state index in [2.05, 4.69) is 41.5 Å². The number of carbonyl (C=O) groups excluding carboxylic acids is 2. The second kappa shape index (κ2) is 11.1. The molecule has 6 nitrogen and oxygen atoms in total. The van der Waals surface area contributed by atoms with E-state index in [4.69, 9.17) is 4.42 Å². The van der Waals surface area contributed by atoms with Gasteiger partial charge in [-0.15, -0.1) is 0 Å². The summed E-state index contributed by atoms with van der Waals surface area (Å²) in [5.41, 5.74) is 2.28. The predicted octanol–water partition coefficient (Wildman–Crippen LogP) is 4.21. The van der Waals surface area contributed by atoms with Crippen molar-refractivity contribution in [2.24, 2.45) is 0 Å². The lowest BCUT2D eigenvalue weighted by Gasteiger charge is -2.30. The number of hydrogen-bond acceptors (Lipinski definition) is 4. The molecule has 6 heteroatoms. The van der Waals surface area contributed by atoms with Gasteiger partial charge in [-0.2, -0.15) is 0 Å². The molecule has 1 atom stereocenters. The Bertz CT molecular complexity index is 967. The molecule has 162 valence electrons. The maximum Gasteiger partial charge on any atom is 0.291 e. The number of anilines is 1. The van der Waals surface area contributed by atoms with Crippen LogP contribution in [0.5, 0.6) is 0 Å². The summed E-state index contributed by atoms with van der Waals surface area (Å²) in [5.74, 6) is -0.302. The quantitative estimate of drug-likeness (QED) is 0.516. The van der Waals surface area contributed by atoms with Crippen LogP contribution in [0.4, 0.5) is 5.69 Å². The number of nitrogens with zero attached hydrogens (tertiary/aromatic N) is 1.